The zero-order valence-corrected chi connectivity index (χ0v) is 21.0. The molecule has 3 heterocycles. The number of fused-ring (bicyclic) bond motifs is 1. The van der Waals surface area contributed by atoms with E-state index in [0.29, 0.717) is 45.1 Å². The van der Waals surface area contributed by atoms with Crippen LogP contribution in [-0.2, 0) is 16.6 Å². The molecule has 9 nitrogen and oxygen atoms in total. The van der Waals surface area contributed by atoms with E-state index in [4.69, 9.17) is 21.4 Å². The Kier molecular flexibility index (Phi) is 6.44. The van der Waals surface area contributed by atoms with Gasteiger partial charge in [0.15, 0.2) is 0 Å². The summed E-state index contributed by atoms with van der Waals surface area (Å²) in [4.78, 5) is 14.7. The van der Waals surface area contributed by atoms with E-state index in [1.165, 1.54) is 12.3 Å². The number of anilines is 3. The number of nitrogens with zero attached hydrogens (tertiary/aromatic N) is 1. The van der Waals surface area contributed by atoms with Crippen LogP contribution in [0.2, 0.25) is 5.02 Å². The van der Waals surface area contributed by atoms with Gasteiger partial charge in [0.05, 0.1) is 25.0 Å². The van der Waals surface area contributed by atoms with E-state index in [1.54, 1.807) is 65.6 Å². The van der Waals surface area contributed by atoms with Crippen LogP contribution in [-0.4, -0.2) is 26.8 Å². The van der Waals surface area contributed by atoms with Crippen LogP contribution >= 0.6 is 22.9 Å². The summed E-state index contributed by atoms with van der Waals surface area (Å²) in [7, 11) is -3.81. The highest BCUT2D eigenvalue weighted by atomic mass is 35.5. The lowest BCUT2D eigenvalue weighted by Gasteiger charge is -2.29. The molecule has 0 atom stereocenters. The molecule has 4 N–H and O–H groups in total. The number of halogens is 1. The van der Waals surface area contributed by atoms with Crippen LogP contribution in [0.15, 0.2) is 81.6 Å². The van der Waals surface area contributed by atoms with Gasteiger partial charge < -0.3 is 20.0 Å². The van der Waals surface area contributed by atoms with Gasteiger partial charge >= 0.3 is 0 Å². The van der Waals surface area contributed by atoms with Gasteiger partial charge in [0.1, 0.15) is 10.0 Å². The summed E-state index contributed by atoms with van der Waals surface area (Å²) in [5.41, 5.74) is 2.25. The van der Waals surface area contributed by atoms with Gasteiger partial charge in [-0.05, 0) is 66.7 Å². The quantitative estimate of drug-likeness (QED) is 0.262. The molecular weight excluding hydrogens is 522 g/mol. The third-order valence-electron chi connectivity index (χ3n) is 5.45. The van der Waals surface area contributed by atoms with Crippen LogP contribution < -0.4 is 20.3 Å². The molecule has 184 valence electrons. The molecule has 0 unspecified atom stereocenters. The molecule has 0 radical (unpaired) electrons. The number of furan rings is 1. The van der Waals surface area contributed by atoms with Gasteiger partial charge in [-0.25, -0.2) is 8.42 Å². The number of hydrogen-bond donors (Lipinski definition) is 4. The van der Waals surface area contributed by atoms with Gasteiger partial charge in [0, 0.05) is 26.8 Å². The predicted octanol–water partition coefficient (Wildman–Crippen LogP) is 4.94. The zero-order valence-electron chi connectivity index (χ0n) is 18.6. The largest absolute Gasteiger partial charge is 0.448 e. The summed E-state index contributed by atoms with van der Waals surface area (Å²) in [6.45, 7) is 0.557. The molecule has 0 saturated heterocycles. The first-order valence-electron chi connectivity index (χ1n) is 10.7. The van der Waals surface area contributed by atoms with Gasteiger partial charge in [0.25, 0.3) is 15.9 Å². The SMILES string of the molecule is N=C1c2ccoc2NCN1c1ccc(NS(=O)(=O)c2ccc(CNC(=O)c3ccc(Cl)cc3)s2)cc1. The third-order valence-corrected chi connectivity index (χ3v) is 8.66. The lowest BCUT2D eigenvalue weighted by Crippen LogP contribution is -2.39. The van der Waals surface area contributed by atoms with Gasteiger partial charge in [-0.1, -0.05) is 11.6 Å². The Labute approximate surface area is 216 Å². The fourth-order valence-corrected chi connectivity index (χ4v) is 6.09. The van der Waals surface area contributed by atoms with E-state index in [-0.39, 0.29) is 16.7 Å². The maximum atomic E-state index is 12.9. The van der Waals surface area contributed by atoms with E-state index in [2.05, 4.69) is 15.4 Å². The molecule has 5 rings (SSSR count). The summed E-state index contributed by atoms with van der Waals surface area (Å²) >= 11 is 6.92. The van der Waals surface area contributed by atoms with E-state index in [0.717, 1.165) is 17.0 Å². The number of sulfonamides is 1. The van der Waals surface area contributed by atoms with Crippen LogP contribution in [0.3, 0.4) is 0 Å². The fraction of sp³-hybridized carbons (Fsp3) is 0.0833. The number of amides is 1. The highest BCUT2D eigenvalue weighted by Crippen LogP contribution is 2.29. The second-order valence-electron chi connectivity index (χ2n) is 7.84. The molecule has 2 aromatic heterocycles. The van der Waals surface area contributed by atoms with Crippen molar-refractivity contribution in [2.45, 2.75) is 10.8 Å². The summed E-state index contributed by atoms with van der Waals surface area (Å²) < 4.78 is 33.8. The van der Waals surface area contributed by atoms with Crippen molar-refractivity contribution in [1.82, 2.24) is 5.32 Å². The van der Waals surface area contributed by atoms with Crippen molar-refractivity contribution < 1.29 is 17.6 Å². The van der Waals surface area contributed by atoms with Crippen LogP contribution in [0.1, 0.15) is 20.8 Å². The van der Waals surface area contributed by atoms with Gasteiger partial charge in [-0.15, -0.1) is 11.3 Å². The molecule has 0 aliphatic carbocycles. The third kappa shape index (κ3) is 4.94. The second kappa shape index (κ2) is 9.69. The number of amidine groups is 1. The standard InChI is InChI=1S/C24H20ClN5O4S2/c25-16-3-1-15(2-4-16)23(31)27-13-19-9-10-21(35-19)36(32,33)29-17-5-7-18(8-6-17)30-14-28-24-20(22(30)26)11-12-34-24/h1-12,26,28-29H,13-14H2,(H,27,31). The predicted molar refractivity (Wildman–Crippen MR) is 141 cm³/mol. The highest BCUT2D eigenvalue weighted by Gasteiger charge is 2.24. The van der Waals surface area contributed by atoms with E-state index in [9.17, 15) is 13.2 Å². The maximum Gasteiger partial charge on any atom is 0.271 e. The summed E-state index contributed by atoms with van der Waals surface area (Å²) in [5.74, 6) is 0.573. The summed E-state index contributed by atoms with van der Waals surface area (Å²) in [6, 6.07) is 18.2. The van der Waals surface area contributed by atoms with E-state index in [1.807, 2.05) is 0 Å². The number of thiophene rings is 1. The van der Waals surface area contributed by atoms with Crippen molar-refractivity contribution in [3.05, 3.63) is 94.0 Å². The van der Waals surface area contributed by atoms with Crippen molar-refractivity contribution in [2.75, 3.05) is 21.6 Å². The number of nitrogens with one attached hydrogen (secondary N) is 4. The molecule has 0 spiro atoms. The lowest BCUT2D eigenvalue weighted by molar-refractivity contribution is 0.0951. The minimum atomic E-state index is -3.81. The Bertz CT molecular complexity index is 1530. The molecule has 1 aliphatic rings. The Morgan fingerprint density at radius 3 is 2.58 bits per heavy atom. The van der Waals surface area contributed by atoms with Gasteiger partial charge in [-0.3, -0.25) is 14.9 Å². The molecule has 36 heavy (non-hydrogen) atoms. The van der Waals surface area contributed by atoms with E-state index < -0.39 is 10.0 Å². The molecule has 4 aromatic rings. The minimum absolute atomic E-state index is 0.136. The Morgan fingerprint density at radius 2 is 1.83 bits per heavy atom. The summed E-state index contributed by atoms with van der Waals surface area (Å²) in [6.07, 6.45) is 1.52. The molecule has 1 aliphatic heterocycles. The number of carbonyl (C=O) groups excluding carboxylic acids is 1. The first-order chi connectivity index (χ1) is 17.3. The topological polar surface area (TPSA) is 128 Å². The first-order valence-corrected chi connectivity index (χ1v) is 13.4. The zero-order chi connectivity index (χ0) is 25.3. The van der Waals surface area contributed by atoms with Crippen LogP contribution in [0, 0.1) is 5.41 Å². The molecule has 1 amide bonds. The highest BCUT2D eigenvalue weighted by molar-refractivity contribution is 7.94. The fourth-order valence-electron chi connectivity index (χ4n) is 3.61. The lowest BCUT2D eigenvalue weighted by atomic mass is 10.2. The second-order valence-corrected chi connectivity index (χ2v) is 11.4. The van der Waals surface area contributed by atoms with Crippen molar-refractivity contribution in [2.24, 2.45) is 0 Å². The maximum absolute atomic E-state index is 12.9. The van der Waals surface area contributed by atoms with Crippen LogP contribution in [0.25, 0.3) is 0 Å². The molecule has 0 fully saturated rings. The van der Waals surface area contributed by atoms with Crippen molar-refractivity contribution >= 4 is 62.0 Å². The van der Waals surface area contributed by atoms with E-state index >= 15 is 0 Å². The van der Waals surface area contributed by atoms with Crippen molar-refractivity contribution in [3.8, 4) is 0 Å². The molecular formula is C24H20ClN5O4S2. The average Bonchev–Trinajstić information content (AvgIpc) is 3.54. The summed E-state index contributed by atoms with van der Waals surface area (Å²) in [5, 5.41) is 14.8. The van der Waals surface area contributed by atoms with Crippen LogP contribution in [0.5, 0.6) is 0 Å². The Morgan fingerprint density at radius 1 is 1.08 bits per heavy atom. The average molecular weight is 542 g/mol. The Balaban J connectivity index is 1.21. The normalized spacial score (nSPS) is 13.1. The number of hydrogen-bond acceptors (Lipinski definition) is 7. The van der Waals surface area contributed by atoms with Crippen LogP contribution in [0.4, 0.5) is 17.3 Å². The minimum Gasteiger partial charge on any atom is -0.448 e. The molecule has 0 bridgehead atoms. The number of rotatable bonds is 7. The van der Waals surface area contributed by atoms with Crippen molar-refractivity contribution in [3.63, 3.8) is 0 Å². The monoisotopic (exact) mass is 541 g/mol. The molecule has 0 saturated carbocycles. The molecule has 12 heteroatoms. The number of benzene rings is 2. The van der Waals surface area contributed by atoms with Gasteiger partial charge in [0.2, 0.25) is 5.88 Å². The molecule has 2 aromatic carbocycles. The van der Waals surface area contributed by atoms with Gasteiger partial charge in [-0.2, -0.15) is 0 Å². The number of carbonyl (C=O) groups is 1. The Hall–Kier alpha value is -3.80. The first kappa shape index (κ1) is 23.9. The van der Waals surface area contributed by atoms with Crippen molar-refractivity contribution in [1.29, 1.82) is 5.41 Å². The smallest absolute Gasteiger partial charge is 0.271 e.